The fraction of sp³-hybridized carbons (Fsp3) is 0.333. The van der Waals surface area contributed by atoms with Crippen molar-refractivity contribution in [2.45, 2.75) is 25.1 Å². The van der Waals surface area contributed by atoms with Gasteiger partial charge >= 0.3 is 0 Å². The first-order valence-corrected chi connectivity index (χ1v) is 6.78. The van der Waals surface area contributed by atoms with Gasteiger partial charge in [-0.15, -0.1) is 11.6 Å². The molecule has 2 aromatic rings. The van der Waals surface area contributed by atoms with Crippen molar-refractivity contribution >= 4 is 27.5 Å². The molecule has 0 spiro atoms. The number of hydrogen-bond donors (Lipinski definition) is 0. The first-order chi connectivity index (χ1) is 8.61. The van der Waals surface area contributed by atoms with Crippen LogP contribution in [0.2, 0.25) is 0 Å². The standard InChI is InChI=1S/C12H11BrClFN2O/c1-2-3-10(14)11-16-12(18-17-11)8-6-7(15)4-5-9(8)13/h4-6,10H,2-3H2,1H3. The normalized spacial score (nSPS) is 12.7. The maximum Gasteiger partial charge on any atom is 0.259 e. The molecule has 0 saturated carbocycles. The van der Waals surface area contributed by atoms with E-state index in [-0.39, 0.29) is 17.1 Å². The van der Waals surface area contributed by atoms with E-state index in [1.165, 1.54) is 12.1 Å². The van der Waals surface area contributed by atoms with Crippen LogP contribution in [0.1, 0.15) is 31.0 Å². The molecule has 0 radical (unpaired) electrons. The lowest BCUT2D eigenvalue weighted by molar-refractivity contribution is 0.420. The van der Waals surface area contributed by atoms with Crippen molar-refractivity contribution in [2.24, 2.45) is 0 Å². The molecule has 1 unspecified atom stereocenters. The third-order valence-corrected chi connectivity index (χ3v) is 3.53. The van der Waals surface area contributed by atoms with Crippen molar-refractivity contribution in [2.75, 3.05) is 0 Å². The van der Waals surface area contributed by atoms with E-state index in [4.69, 9.17) is 16.1 Å². The molecular weight excluding hydrogens is 322 g/mol. The van der Waals surface area contributed by atoms with Crippen molar-refractivity contribution in [3.63, 3.8) is 0 Å². The average Bonchev–Trinajstić information content (AvgIpc) is 2.82. The molecule has 18 heavy (non-hydrogen) atoms. The van der Waals surface area contributed by atoms with E-state index in [0.717, 1.165) is 12.8 Å². The molecule has 0 aliphatic heterocycles. The number of rotatable bonds is 4. The summed E-state index contributed by atoms with van der Waals surface area (Å²) in [6.07, 6.45) is 1.70. The third kappa shape index (κ3) is 2.90. The first-order valence-electron chi connectivity index (χ1n) is 5.55. The first kappa shape index (κ1) is 13.5. The van der Waals surface area contributed by atoms with Crippen LogP contribution in [-0.2, 0) is 0 Å². The van der Waals surface area contributed by atoms with Gasteiger partial charge in [0.05, 0.1) is 10.9 Å². The fourth-order valence-corrected chi connectivity index (χ4v) is 2.24. The summed E-state index contributed by atoms with van der Waals surface area (Å²) in [6, 6.07) is 4.29. The van der Waals surface area contributed by atoms with Gasteiger partial charge in [0.1, 0.15) is 5.82 Å². The molecule has 0 aliphatic carbocycles. The lowest BCUT2D eigenvalue weighted by atomic mass is 10.2. The predicted molar refractivity (Wildman–Crippen MR) is 70.9 cm³/mol. The van der Waals surface area contributed by atoms with Crippen LogP contribution in [0.4, 0.5) is 4.39 Å². The maximum absolute atomic E-state index is 13.2. The monoisotopic (exact) mass is 332 g/mol. The lowest BCUT2D eigenvalue weighted by Gasteiger charge is -2.00. The molecular formula is C12H11BrClFN2O. The average molecular weight is 334 g/mol. The molecule has 1 heterocycles. The summed E-state index contributed by atoms with van der Waals surface area (Å²) in [5.41, 5.74) is 0.522. The SMILES string of the molecule is CCCC(Cl)c1noc(-c2cc(F)ccc2Br)n1. The van der Waals surface area contributed by atoms with E-state index in [0.29, 0.717) is 15.9 Å². The minimum atomic E-state index is -0.357. The smallest absolute Gasteiger partial charge is 0.259 e. The van der Waals surface area contributed by atoms with Crippen molar-refractivity contribution in [1.29, 1.82) is 0 Å². The summed E-state index contributed by atoms with van der Waals surface area (Å²) in [5, 5.41) is 3.54. The van der Waals surface area contributed by atoms with Gasteiger partial charge in [0.25, 0.3) is 5.89 Å². The number of halogens is 3. The topological polar surface area (TPSA) is 38.9 Å². The van der Waals surface area contributed by atoms with Gasteiger partial charge in [-0.25, -0.2) is 4.39 Å². The molecule has 0 fully saturated rings. The molecule has 1 atom stereocenters. The summed E-state index contributed by atoms with van der Waals surface area (Å²) in [6.45, 7) is 2.03. The zero-order valence-electron chi connectivity index (χ0n) is 9.66. The van der Waals surface area contributed by atoms with Gasteiger partial charge in [0, 0.05) is 4.47 Å². The van der Waals surface area contributed by atoms with E-state index in [1.807, 2.05) is 6.92 Å². The Morgan fingerprint density at radius 3 is 3.00 bits per heavy atom. The number of alkyl halides is 1. The Morgan fingerprint density at radius 2 is 2.28 bits per heavy atom. The molecule has 0 N–H and O–H groups in total. The van der Waals surface area contributed by atoms with Crippen molar-refractivity contribution in [3.05, 3.63) is 34.3 Å². The van der Waals surface area contributed by atoms with Gasteiger partial charge in [-0.3, -0.25) is 0 Å². The largest absolute Gasteiger partial charge is 0.334 e. The summed E-state index contributed by atoms with van der Waals surface area (Å²) >= 11 is 9.42. The van der Waals surface area contributed by atoms with E-state index in [2.05, 4.69) is 26.1 Å². The van der Waals surface area contributed by atoms with Crippen molar-refractivity contribution in [3.8, 4) is 11.5 Å². The Bertz CT molecular complexity index is 547. The highest BCUT2D eigenvalue weighted by atomic mass is 79.9. The Kier molecular flexibility index (Phi) is 4.35. The molecule has 0 amide bonds. The molecule has 2 rings (SSSR count). The van der Waals surface area contributed by atoms with Crippen molar-refractivity contribution in [1.82, 2.24) is 10.1 Å². The summed E-state index contributed by atoms with van der Waals surface area (Å²) in [5.74, 6) is 0.340. The third-order valence-electron chi connectivity index (χ3n) is 2.42. The Morgan fingerprint density at radius 1 is 1.50 bits per heavy atom. The van der Waals surface area contributed by atoms with Crippen LogP contribution in [0.3, 0.4) is 0 Å². The van der Waals surface area contributed by atoms with E-state index in [1.54, 1.807) is 6.07 Å². The minimum Gasteiger partial charge on any atom is -0.334 e. The van der Waals surface area contributed by atoms with Crippen LogP contribution in [0, 0.1) is 5.82 Å². The molecule has 0 bridgehead atoms. The minimum absolute atomic E-state index is 0.262. The highest BCUT2D eigenvalue weighted by molar-refractivity contribution is 9.10. The van der Waals surface area contributed by atoms with Crippen LogP contribution in [-0.4, -0.2) is 10.1 Å². The van der Waals surface area contributed by atoms with Gasteiger partial charge < -0.3 is 4.52 Å². The van der Waals surface area contributed by atoms with Crippen LogP contribution in [0.5, 0.6) is 0 Å². The molecule has 1 aromatic heterocycles. The molecule has 0 aliphatic rings. The number of nitrogens with zero attached hydrogens (tertiary/aromatic N) is 2. The molecule has 6 heteroatoms. The zero-order chi connectivity index (χ0) is 13.1. The van der Waals surface area contributed by atoms with Gasteiger partial charge in [-0.1, -0.05) is 18.5 Å². The maximum atomic E-state index is 13.2. The molecule has 1 aromatic carbocycles. The van der Waals surface area contributed by atoms with E-state index >= 15 is 0 Å². The van der Waals surface area contributed by atoms with E-state index < -0.39 is 0 Å². The van der Waals surface area contributed by atoms with Gasteiger partial charge in [0.15, 0.2) is 5.82 Å². The zero-order valence-corrected chi connectivity index (χ0v) is 12.0. The summed E-state index contributed by atoms with van der Waals surface area (Å²) in [4.78, 5) is 4.19. The van der Waals surface area contributed by atoms with Crippen molar-refractivity contribution < 1.29 is 8.91 Å². The van der Waals surface area contributed by atoms with Crippen LogP contribution >= 0.6 is 27.5 Å². The fourth-order valence-electron chi connectivity index (χ4n) is 1.52. The predicted octanol–water partition coefficient (Wildman–Crippen LogP) is 4.72. The highest BCUT2D eigenvalue weighted by Crippen LogP contribution is 2.30. The lowest BCUT2D eigenvalue weighted by Crippen LogP contribution is -1.92. The molecule has 96 valence electrons. The highest BCUT2D eigenvalue weighted by Gasteiger charge is 2.17. The second-order valence-corrected chi connectivity index (χ2v) is 5.22. The van der Waals surface area contributed by atoms with Crippen LogP contribution < -0.4 is 0 Å². The molecule has 3 nitrogen and oxygen atoms in total. The Balaban J connectivity index is 2.32. The number of aromatic nitrogens is 2. The van der Waals surface area contributed by atoms with Gasteiger partial charge in [-0.05, 0) is 40.5 Å². The quantitative estimate of drug-likeness (QED) is 0.760. The second kappa shape index (κ2) is 5.80. The van der Waals surface area contributed by atoms with Gasteiger partial charge in [-0.2, -0.15) is 4.98 Å². The number of benzene rings is 1. The van der Waals surface area contributed by atoms with Gasteiger partial charge in [0.2, 0.25) is 0 Å². The van der Waals surface area contributed by atoms with E-state index in [9.17, 15) is 4.39 Å². The Labute approximate surface area is 117 Å². The Hall–Kier alpha value is -0.940. The second-order valence-electron chi connectivity index (χ2n) is 3.84. The summed E-state index contributed by atoms with van der Waals surface area (Å²) in [7, 11) is 0. The summed E-state index contributed by atoms with van der Waals surface area (Å²) < 4.78 is 19.0. The number of hydrogen-bond acceptors (Lipinski definition) is 3. The molecule has 0 saturated heterocycles. The van der Waals surface area contributed by atoms with Crippen LogP contribution in [0.25, 0.3) is 11.5 Å². The van der Waals surface area contributed by atoms with Crippen LogP contribution in [0.15, 0.2) is 27.2 Å².